The average Bonchev–Trinajstić information content (AvgIpc) is 3.64. The van der Waals surface area contributed by atoms with E-state index in [1.807, 2.05) is 0 Å². The quantitative estimate of drug-likeness (QED) is 0.211. The van der Waals surface area contributed by atoms with Gasteiger partial charge in [-0.05, 0) is 76.2 Å². The largest absolute Gasteiger partial charge is 0.484 e. The molecular formula is C41H34N2O. The van der Waals surface area contributed by atoms with Crippen LogP contribution < -0.4 is 4.74 Å². The first-order chi connectivity index (χ1) is 21.4. The minimum absolute atomic E-state index is 0.0334. The van der Waals surface area contributed by atoms with Crippen molar-refractivity contribution in [3.63, 3.8) is 0 Å². The second-order valence-corrected chi connectivity index (χ2v) is 12.8. The molecule has 0 bridgehead atoms. The van der Waals surface area contributed by atoms with Crippen LogP contribution in [0.15, 0.2) is 140 Å². The van der Waals surface area contributed by atoms with Gasteiger partial charge in [-0.15, -0.1) is 0 Å². The van der Waals surface area contributed by atoms with Crippen molar-refractivity contribution in [1.29, 1.82) is 0 Å². The molecule has 2 aliphatic rings. The van der Waals surface area contributed by atoms with E-state index in [0.717, 1.165) is 50.5 Å². The Morgan fingerprint density at radius 2 is 1.39 bits per heavy atom. The van der Waals surface area contributed by atoms with E-state index in [0.29, 0.717) is 0 Å². The van der Waals surface area contributed by atoms with Crippen LogP contribution in [-0.4, -0.2) is 15.7 Å². The van der Waals surface area contributed by atoms with Crippen LogP contribution in [-0.2, 0) is 5.41 Å². The number of nitrogens with zero attached hydrogens (tertiary/aromatic N) is 2. The second kappa shape index (κ2) is 10.2. The maximum Gasteiger partial charge on any atom is 0.145 e. The van der Waals surface area contributed by atoms with Crippen molar-refractivity contribution in [3.8, 4) is 45.1 Å². The van der Waals surface area contributed by atoms with E-state index in [9.17, 15) is 0 Å². The average molecular weight is 571 g/mol. The molecule has 0 saturated carbocycles. The van der Waals surface area contributed by atoms with E-state index in [2.05, 4.69) is 165 Å². The van der Waals surface area contributed by atoms with Gasteiger partial charge < -0.3 is 4.74 Å². The highest BCUT2D eigenvalue weighted by molar-refractivity contribution is 5.87. The van der Waals surface area contributed by atoms with Gasteiger partial charge >= 0.3 is 0 Å². The van der Waals surface area contributed by atoms with Crippen molar-refractivity contribution in [2.75, 3.05) is 0 Å². The lowest BCUT2D eigenvalue weighted by molar-refractivity contribution is 0.270. The Bertz CT molecular complexity index is 2070. The van der Waals surface area contributed by atoms with Gasteiger partial charge in [0.05, 0.1) is 11.0 Å². The summed E-state index contributed by atoms with van der Waals surface area (Å²) < 4.78 is 8.90. The van der Waals surface area contributed by atoms with Crippen molar-refractivity contribution in [2.24, 2.45) is 0 Å². The summed E-state index contributed by atoms with van der Waals surface area (Å²) in [4.78, 5) is 5.22. The number of rotatable bonds is 4. The summed E-state index contributed by atoms with van der Waals surface area (Å²) in [5.41, 5.74) is 11.4. The van der Waals surface area contributed by atoms with E-state index >= 15 is 0 Å². The van der Waals surface area contributed by atoms with Crippen LogP contribution >= 0.6 is 0 Å². The van der Waals surface area contributed by atoms with Crippen LogP contribution in [0, 0.1) is 0 Å². The fraction of sp³-hybridized carbons (Fsp3) is 0.146. The highest BCUT2D eigenvalue weighted by Gasteiger charge is 2.34. The van der Waals surface area contributed by atoms with E-state index in [-0.39, 0.29) is 17.4 Å². The van der Waals surface area contributed by atoms with E-state index in [1.165, 1.54) is 16.7 Å². The Labute approximate surface area is 258 Å². The number of hydrogen-bond acceptors (Lipinski definition) is 2. The van der Waals surface area contributed by atoms with Gasteiger partial charge in [0.1, 0.15) is 17.7 Å². The van der Waals surface area contributed by atoms with Crippen molar-refractivity contribution < 1.29 is 4.74 Å². The fourth-order valence-corrected chi connectivity index (χ4v) is 6.59. The Morgan fingerprint density at radius 3 is 2.20 bits per heavy atom. The number of benzene rings is 5. The van der Waals surface area contributed by atoms with Crippen molar-refractivity contribution in [2.45, 2.75) is 38.2 Å². The van der Waals surface area contributed by atoms with Crippen molar-refractivity contribution in [1.82, 2.24) is 9.55 Å². The lowest BCUT2D eigenvalue weighted by Gasteiger charge is -2.19. The smallest absolute Gasteiger partial charge is 0.145 e. The van der Waals surface area contributed by atoms with Crippen molar-refractivity contribution in [3.05, 3.63) is 151 Å². The molecule has 0 fully saturated rings. The van der Waals surface area contributed by atoms with Gasteiger partial charge in [0, 0.05) is 28.3 Å². The van der Waals surface area contributed by atoms with Gasteiger partial charge in [-0.2, -0.15) is 0 Å². The van der Waals surface area contributed by atoms with Gasteiger partial charge in [-0.1, -0.05) is 112 Å². The maximum absolute atomic E-state index is 6.62. The minimum atomic E-state index is 0.0334. The molecule has 44 heavy (non-hydrogen) atoms. The summed E-state index contributed by atoms with van der Waals surface area (Å²) in [6.07, 6.45) is 8.66. The van der Waals surface area contributed by atoms with Gasteiger partial charge in [0.15, 0.2) is 0 Å². The lowest BCUT2D eigenvalue weighted by atomic mass is 9.86. The summed E-state index contributed by atoms with van der Waals surface area (Å²) in [5.74, 6) is 2.13. The van der Waals surface area contributed by atoms with Crippen LogP contribution in [0.1, 0.15) is 37.8 Å². The highest BCUT2D eigenvalue weighted by atomic mass is 16.5. The van der Waals surface area contributed by atoms with Gasteiger partial charge in [-0.25, -0.2) is 4.98 Å². The Kier molecular flexibility index (Phi) is 6.16. The van der Waals surface area contributed by atoms with Crippen LogP contribution in [0.3, 0.4) is 0 Å². The second-order valence-electron chi connectivity index (χ2n) is 12.8. The zero-order valence-electron chi connectivity index (χ0n) is 25.2. The normalized spacial score (nSPS) is 17.0. The fourth-order valence-electron chi connectivity index (χ4n) is 6.59. The number of ether oxygens (including phenoxy) is 1. The van der Waals surface area contributed by atoms with Crippen LogP contribution in [0.4, 0.5) is 0 Å². The lowest BCUT2D eigenvalue weighted by Crippen LogP contribution is -2.15. The van der Waals surface area contributed by atoms with Crippen LogP contribution in [0.2, 0.25) is 0 Å². The predicted molar refractivity (Wildman–Crippen MR) is 182 cm³/mol. The number of imidazole rings is 1. The Hall–Kier alpha value is -5.15. The summed E-state index contributed by atoms with van der Waals surface area (Å²) in [5, 5.41) is 0. The molecule has 0 spiro atoms. The zero-order chi connectivity index (χ0) is 29.8. The summed E-state index contributed by atoms with van der Waals surface area (Å²) in [6.45, 7) is 6.77. The number of para-hydroxylation sites is 4. The van der Waals surface area contributed by atoms with Gasteiger partial charge in [0.25, 0.3) is 0 Å². The summed E-state index contributed by atoms with van der Waals surface area (Å²) in [7, 11) is 0. The number of aromatic nitrogens is 2. The molecule has 3 heteroatoms. The molecule has 2 atom stereocenters. The van der Waals surface area contributed by atoms with Crippen molar-refractivity contribution >= 4 is 11.0 Å². The third-order valence-corrected chi connectivity index (χ3v) is 8.90. The monoisotopic (exact) mass is 570 g/mol. The molecule has 0 radical (unpaired) electrons. The predicted octanol–water partition coefficient (Wildman–Crippen LogP) is 10.3. The first kappa shape index (κ1) is 26.5. The SMILES string of the molecule is CC(C)(C)c1ccc(-c2cc(-c3cccc4c3OC3C=CC=CC43)cc(-c3nc4ccccc4n3-c3ccccc3)c2)cc1. The Balaban J connectivity index is 1.36. The molecule has 8 rings (SSSR count). The van der Waals surface area contributed by atoms with Gasteiger partial charge in [0.2, 0.25) is 0 Å². The minimum Gasteiger partial charge on any atom is -0.484 e. The molecule has 214 valence electrons. The molecule has 2 unspecified atom stereocenters. The summed E-state index contributed by atoms with van der Waals surface area (Å²) in [6, 6.07) is 41.3. The standard InChI is InChI=1S/C41H34N2O/c1-41(2,3)31-22-20-27(21-23-31)28-24-29(33-15-11-16-35-34-14-7-10-19-38(34)44-39(33)35)26-30(25-28)40-42-36-17-8-9-18-37(36)43(40)32-12-5-4-6-13-32/h4-26,34,38H,1-3H3. The first-order valence-corrected chi connectivity index (χ1v) is 15.4. The molecule has 2 heterocycles. The molecule has 0 N–H and O–H groups in total. The molecule has 5 aromatic carbocycles. The maximum atomic E-state index is 6.62. The van der Waals surface area contributed by atoms with Crippen LogP contribution in [0.5, 0.6) is 5.75 Å². The number of allylic oxidation sites excluding steroid dienone is 2. The van der Waals surface area contributed by atoms with E-state index in [4.69, 9.17) is 9.72 Å². The summed E-state index contributed by atoms with van der Waals surface area (Å²) >= 11 is 0. The molecule has 1 aromatic heterocycles. The molecule has 3 nitrogen and oxygen atoms in total. The number of fused-ring (bicyclic) bond motifs is 4. The number of hydrogen-bond donors (Lipinski definition) is 0. The van der Waals surface area contributed by atoms with Crippen LogP contribution in [0.25, 0.3) is 50.4 Å². The van der Waals surface area contributed by atoms with E-state index in [1.54, 1.807) is 0 Å². The molecule has 1 aliphatic heterocycles. The molecule has 6 aromatic rings. The molecular weight excluding hydrogens is 536 g/mol. The molecule has 0 saturated heterocycles. The molecule has 0 amide bonds. The zero-order valence-corrected chi connectivity index (χ0v) is 25.2. The third kappa shape index (κ3) is 4.48. The van der Waals surface area contributed by atoms with E-state index < -0.39 is 0 Å². The topological polar surface area (TPSA) is 27.1 Å². The third-order valence-electron chi connectivity index (χ3n) is 8.90. The Morgan fingerprint density at radius 1 is 0.659 bits per heavy atom. The van der Waals surface area contributed by atoms with Gasteiger partial charge in [-0.3, -0.25) is 4.57 Å². The molecule has 1 aliphatic carbocycles. The highest BCUT2D eigenvalue weighted by Crippen LogP contribution is 2.47. The first-order valence-electron chi connectivity index (χ1n) is 15.4.